The lowest BCUT2D eigenvalue weighted by Crippen LogP contribution is -2.39. The molecule has 2 aromatic carbocycles. The minimum Gasteiger partial charge on any atom is -0.457 e. The van der Waals surface area contributed by atoms with Crippen LogP contribution in [0.1, 0.15) is 18.9 Å². The number of hydrogen-bond donors (Lipinski definition) is 1. The molecule has 25 heavy (non-hydrogen) atoms. The highest BCUT2D eigenvalue weighted by Crippen LogP contribution is 2.29. The average Bonchev–Trinajstić information content (AvgIpc) is 2.63. The molecule has 4 nitrogen and oxygen atoms in total. The normalized spacial score (nSPS) is 17.9. The Labute approximate surface area is 157 Å². The van der Waals surface area contributed by atoms with Crippen molar-refractivity contribution in [1.82, 2.24) is 4.90 Å². The van der Waals surface area contributed by atoms with Crippen molar-refractivity contribution in [3.05, 3.63) is 58.6 Å². The average molecular weight is 406 g/mol. The second-order valence-electron chi connectivity index (χ2n) is 6.56. The van der Waals surface area contributed by atoms with E-state index in [1.54, 1.807) is 0 Å². The number of ether oxygens (including phenoxy) is 2. The van der Waals surface area contributed by atoms with Gasteiger partial charge in [-0.05, 0) is 55.3 Å². The summed E-state index contributed by atoms with van der Waals surface area (Å²) in [6.45, 7) is 6.19. The summed E-state index contributed by atoms with van der Waals surface area (Å²) in [7, 11) is 0. The lowest BCUT2D eigenvalue weighted by atomic mass is 9.92. The molecule has 1 aliphatic rings. The van der Waals surface area contributed by atoms with Crippen LogP contribution in [0.15, 0.2) is 53.0 Å². The zero-order valence-electron chi connectivity index (χ0n) is 14.5. The molecule has 1 fully saturated rings. The van der Waals surface area contributed by atoms with Gasteiger partial charge < -0.3 is 14.6 Å². The molecule has 0 aliphatic carbocycles. The first kappa shape index (κ1) is 18.4. The fraction of sp³-hybridized carbons (Fsp3) is 0.400. The van der Waals surface area contributed by atoms with Gasteiger partial charge in [0.15, 0.2) is 0 Å². The summed E-state index contributed by atoms with van der Waals surface area (Å²) in [6.07, 6.45) is 0.694. The Morgan fingerprint density at radius 1 is 1.04 bits per heavy atom. The van der Waals surface area contributed by atoms with Crippen LogP contribution in [-0.4, -0.2) is 42.9 Å². The molecule has 1 N–H and O–H groups in total. The van der Waals surface area contributed by atoms with Crippen LogP contribution in [0.2, 0.25) is 0 Å². The summed E-state index contributed by atoms with van der Waals surface area (Å²) < 4.78 is 12.2. The molecule has 1 unspecified atom stereocenters. The van der Waals surface area contributed by atoms with Crippen LogP contribution in [0.4, 0.5) is 0 Å². The van der Waals surface area contributed by atoms with Gasteiger partial charge >= 0.3 is 0 Å². The number of rotatable bonds is 6. The van der Waals surface area contributed by atoms with Gasteiger partial charge in [-0.2, -0.15) is 0 Å². The molecule has 1 aliphatic heterocycles. The van der Waals surface area contributed by atoms with E-state index in [1.807, 2.05) is 55.5 Å². The van der Waals surface area contributed by atoms with Crippen molar-refractivity contribution in [1.29, 1.82) is 0 Å². The standard InChI is InChI=1S/C20H24BrNO3/c1-20(23,10-11-22-12-14-24-15-13-22)16-2-6-18(7-3-16)25-19-8-4-17(21)5-9-19/h2-9,23H,10-15H2,1H3. The van der Waals surface area contributed by atoms with E-state index < -0.39 is 5.60 Å². The first-order valence-electron chi connectivity index (χ1n) is 8.59. The highest BCUT2D eigenvalue weighted by atomic mass is 79.9. The third-order valence-corrected chi connectivity index (χ3v) is 5.07. The monoisotopic (exact) mass is 405 g/mol. The maximum atomic E-state index is 10.8. The van der Waals surface area contributed by atoms with Crippen LogP contribution in [-0.2, 0) is 10.3 Å². The summed E-state index contributed by atoms with van der Waals surface area (Å²) in [5.74, 6) is 1.55. The first-order chi connectivity index (χ1) is 12.0. The lowest BCUT2D eigenvalue weighted by molar-refractivity contribution is 0.00548. The number of aliphatic hydroxyl groups is 1. The van der Waals surface area contributed by atoms with Crippen LogP contribution >= 0.6 is 15.9 Å². The van der Waals surface area contributed by atoms with Crippen molar-refractivity contribution >= 4 is 15.9 Å². The Bertz CT molecular complexity index is 664. The van der Waals surface area contributed by atoms with Crippen LogP contribution < -0.4 is 4.74 Å². The summed E-state index contributed by atoms with van der Waals surface area (Å²) in [4.78, 5) is 2.34. The quantitative estimate of drug-likeness (QED) is 0.782. The Kier molecular flexibility index (Phi) is 6.12. The smallest absolute Gasteiger partial charge is 0.127 e. The maximum absolute atomic E-state index is 10.8. The van der Waals surface area contributed by atoms with Crippen molar-refractivity contribution in [2.45, 2.75) is 18.9 Å². The third kappa shape index (κ3) is 5.28. The lowest BCUT2D eigenvalue weighted by Gasteiger charge is -2.31. The Morgan fingerprint density at radius 3 is 2.20 bits per heavy atom. The molecule has 0 radical (unpaired) electrons. The summed E-state index contributed by atoms with van der Waals surface area (Å²) >= 11 is 3.41. The van der Waals surface area contributed by atoms with E-state index in [-0.39, 0.29) is 0 Å². The minimum atomic E-state index is -0.853. The molecule has 0 amide bonds. The number of nitrogens with zero attached hydrogens (tertiary/aromatic N) is 1. The van der Waals surface area contributed by atoms with Gasteiger partial charge in [-0.25, -0.2) is 0 Å². The van der Waals surface area contributed by atoms with Crippen molar-refractivity contribution in [2.24, 2.45) is 0 Å². The van der Waals surface area contributed by atoms with Crippen molar-refractivity contribution in [2.75, 3.05) is 32.8 Å². The SMILES string of the molecule is CC(O)(CCN1CCOCC1)c1ccc(Oc2ccc(Br)cc2)cc1. The summed E-state index contributed by atoms with van der Waals surface area (Å²) in [5.41, 5.74) is 0.0537. The highest BCUT2D eigenvalue weighted by molar-refractivity contribution is 9.10. The number of benzene rings is 2. The summed E-state index contributed by atoms with van der Waals surface area (Å²) in [5, 5.41) is 10.8. The third-order valence-electron chi connectivity index (χ3n) is 4.54. The molecule has 1 heterocycles. The van der Waals surface area contributed by atoms with Crippen LogP contribution in [0.25, 0.3) is 0 Å². The molecule has 3 rings (SSSR count). The molecule has 5 heteroatoms. The van der Waals surface area contributed by atoms with Crippen LogP contribution in [0.5, 0.6) is 11.5 Å². The van der Waals surface area contributed by atoms with Gasteiger partial charge in [0, 0.05) is 24.1 Å². The molecule has 1 saturated heterocycles. The van der Waals surface area contributed by atoms with E-state index >= 15 is 0 Å². The van der Waals surface area contributed by atoms with Gasteiger partial charge in [0.2, 0.25) is 0 Å². The molecule has 0 aromatic heterocycles. The fourth-order valence-corrected chi connectivity index (χ4v) is 3.13. The Morgan fingerprint density at radius 2 is 1.60 bits per heavy atom. The van der Waals surface area contributed by atoms with Crippen LogP contribution in [0.3, 0.4) is 0 Å². The molecule has 1 atom stereocenters. The molecule has 0 saturated carbocycles. The first-order valence-corrected chi connectivity index (χ1v) is 9.39. The van der Waals surface area contributed by atoms with E-state index in [2.05, 4.69) is 20.8 Å². The van der Waals surface area contributed by atoms with E-state index in [9.17, 15) is 5.11 Å². The van der Waals surface area contributed by atoms with E-state index in [0.29, 0.717) is 6.42 Å². The summed E-state index contributed by atoms with van der Waals surface area (Å²) in [6, 6.07) is 15.4. The Balaban J connectivity index is 1.58. The van der Waals surface area contributed by atoms with Gasteiger partial charge in [0.1, 0.15) is 11.5 Å². The molecular formula is C20H24BrNO3. The number of morpholine rings is 1. The largest absolute Gasteiger partial charge is 0.457 e. The van der Waals surface area contributed by atoms with Gasteiger partial charge in [0.25, 0.3) is 0 Å². The predicted molar refractivity (Wildman–Crippen MR) is 102 cm³/mol. The van der Waals surface area contributed by atoms with Crippen molar-refractivity contribution < 1.29 is 14.6 Å². The zero-order chi connectivity index (χ0) is 17.7. The second-order valence-corrected chi connectivity index (χ2v) is 7.47. The van der Waals surface area contributed by atoms with E-state index in [0.717, 1.165) is 54.4 Å². The zero-order valence-corrected chi connectivity index (χ0v) is 16.0. The molecule has 2 aromatic rings. The van der Waals surface area contributed by atoms with Crippen LogP contribution in [0, 0.1) is 0 Å². The maximum Gasteiger partial charge on any atom is 0.127 e. The van der Waals surface area contributed by atoms with Gasteiger partial charge in [-0.1, -0.05) is 28.1 Å². The Hall–Kier alpha value is -1.40. The fourth-order valence-electron chi connectivity index (χ4n) is 2.87. The molecular weight excluding hydrogens is 382 g/mol. The highest BCUT2D eigenvalue weighted by Gasteiger charge is 2.24. The van der Waals surface area contributed by atoms with Crippen molar-refractivity contribution in [3.63, 3.8) is 0 Å². The van der Waals surface area contributed by atoms with E-state index in [4.69, 9.17) is 9.47 Å². The number of halogens is 1. The molecule has 0 bridgehead atoms. The van der Waals surface area contributed by atoms with E-state index in [1.165, 1.54) is 0 Å². The van der Waals surface area contributed by atoms with Gasteiger partial charge in [0.05, 0.1) is 18.8 Å². The van der Waals surface area contributed by atoms with Gasteiger partial charge in [-0.15, -0.1) is 0 Å². The van der Waals surface area contributed by atoms with Crippen molar-refractivity contribution in [3.8, 4) is 11.5 Å². The topological polar surface area (TPSA) is 41.9 Å². The molecule has 0 spiro atoms. The second kappa shape index (κ2) is 8.32. The van der Waals surface area contributed by atoms with Gasteiger partial charge in [-0.3, -0.25) is 4.90 Å². The minimum absolute atomic E-state index is 0.694. The molecule has 134 valence electrons. The number of hydrogen-bond acceptors (Lipinski definition) is 4. The predicted octanol–water partition coefficient (Wildman–Crippen LogP) is 4.17.